The Kier molecular flexibility index (Phi) is 2.82. The number of nitrogens with zero attached hydrogens (tertiary/aromatic N) is 2. The number of methoxy groups -OCH3 is 2. The number of hydrogen-bond donors (Lipinski definition) is 0. The van der Waals surface area contributed by atoms with Crippen LogP contribution in [-0.2, 0) is 4.74 Å². The van der Waals surface area contributed by atoms with Crippen molar-refractivity contribution in [2.24, 2.45) is 0 Å². The Morgan fingerprint density at radius 1 is 1.44 bits per heavy atom. The number of pyridine rings is 1. The van der Waals surface area contributed by atoms with E-state index in [0.717, 1.165) is 4.47 Å². The fraction of sp³-hybridized carbons (Fsp3) is 0.200. The number of carbonyl (C=O) groups excluding carboxylic acids is 1. The molecule has 0 radical (unpaired) electrons. The highest BCUT2D eigenvalue weighted by Gasteiger charge is 2.13. The first-order valence-corrected chi connectivity index (χ1v) is 5.25. The van der Waals surface area contributed by atoms with Crippen molar-refractivity contribution < 1.29 is 14.3 Å². The molecule has 0 amide bonds. The zero-order valence-corrected chi connectivity index (χ0v) is 10.3. The number of esters is 1. The van der Waals surface area contributed by atoms with Gasteiger partial charge in [0.15, 0.2) is 17.1 Å². The molecule has 0 fully saturated rings. The van der Waals surface area contributed by atoms with Gasteiger partial charge in [0.05, 0.1) is 14.2 Å². The van der Waals surface area contributed by atoms with Crippen LogP contribution in [0.5, 0.6) is 5.75 Å². The largest absolute Gasteiger partial charge is 0.493 e. The topological polar surface area (TPSA) is 52.8 Å². The molecule has 2 heterocycles. The van der Waals surface area contributed by atoms with Crippen LogP contribution < -0.4 is 4.74 Å². The average molecular weight is 285 g/mol. The van der Waals surface area contributed by atoms with Crippen molar-refractivity contribution in [3.63, 3.8) is 0 Å². The fourth-order valence-corrected chi connectivity index (χ4v) is 1.82. The summed E-state index contributed by atoms with van der Waals surface area (Å²) in [6.07, 6.45) is 3.38. The second-order valence-corrected chi connectivity index (χ2v) is 3.99. The van der Waals surface area contributed by atoms with Crippen LogP contribution in [0, 0.1) is 0 Å². The molecule has 2 rings (SSSR count). The van der Waals surface area contributed by atoms with E-state index in [0.29, 0.717) is 11.4 Å². The van der Waals surface area contributed by atoms with Gasteiger partial charge in [0.25, 0.3) is 0 Å². The molecule has 5 nitrogen and oxygen atoms in total. The van der Waals surface area contributed by atoms with Crippen LogP contribution in [-0.4, -0.2) is 29.6 Å². The summed E-state index contributed by atoms with van der Waals surface area (Å²) in [5, 5.41) is 0. The third-order valence-electron chi connectivity index (χ3n) is 2.10. The molecule has 6 heteroatoms. The minimum absolute atomic E-state index is 0.249. The van der Waals surface area contributed by atoms with Gasteiger partial charge in [-0.25, -0.2) is 9.78 Å². The van der Waals surface area contributed by atoms with Crippen LogP contribution in [0.3, 0.4) is 0 Å². The third kappa shape index (κ3) is 1.76. The van der Waals surface area contributed by atoms with Crippen molar-refractivity contribution in [2.45, 2.75) is 0 Å². The number of carbonyl (C=O) groups is 1. The molecule has 84 valence electrons. The molecule has 0 aliphatic rings. The summed E-state index contributed by atoms with van der Waals surface area (Å²) in [7, 11) is 2.87. The summed E-state index contributed by atoms with van der Waals surface area (Å²) in [6.45, 7) is 0. The highest BCUT2D eigenvalue weighted by molar-refractivity contribution is 9.10. The monoisotopic (exact) mass is 284 g/mol. The lowest BCUT2D eigenvalue weighted by Gasteiger charge is -2.02. The predicted octanol–water partition coefficient (Wildman–Crippen LogP) is 1.89. The van der Waals surface area contributed by atoms with Crippen LogP contribution in [0.15, 0.2) is 22.9 Å². The van der Waals surface area contributed by atoms with E-state index >= 15 is 0 Å². The number of imidazole rings is 1. The van der Waals surface area contributed by atoms with Crippen molar-refractivity contribution in [2.75, 3.05) is 14.2 Å². The first-order chi connectivity index (χ1) is 7.65. The summed E-state index contributed by atoms with van der Waals surface area (Å²) < 4.78 is 12.3. The summed E-state index contributed by atoms with van der Waals surface area (Å²) in [5.41, 5.74) is 0.824. The molecule has 0 N–H and O–H groups in total. The van der Waals surface area contributed by atoms with Crippen LogP contribution in [0.4, 0.5) is 0 Å². The maximum absolute atomic E-state index is 11.3. The Balaban J connectivity index is 2.64. The van der Waals surface area contributed by atoms with Gasteiger partial charge >= 0.3 is 5.97 Å². The normalized spacial score (nSPS) is 10.4. The zero-order valence-electron chi connectivity index (χ0n) is 8.73. The second kappa shape index (κ2) is 4.13. The first kappa shape index (κ1) is 10.9. The Hall–Kier alpha value is -1.56. The van der Waals surface area contributed by atoms with E-state index in [1.165, 1.54) is 7.11 Å². The zero-order chi connectivity index (χ0) is 11.7. The van der Waals surface area contributed by atoms with Gasteiger partial charge in [-0.15, -0.1) is 0 Å². The molecule has 16 heavy (non-hydrogen) atoms. The second-order valence-electron chi connectivity index (χ2n) is 3.08. The average Bonchev–Trinajstić information content (AvgIpc) is 2.70. The number of fused-ring (bicyclic) bond motifs is 1. The maximum Gasteiger partial charge on any atom is 0.358 e. The quantitative estimate of drug-likeness (QED) is 0.791. The Morgan fingerprint density at radius 2 is 2.19 bits per heavy atom. The number of hydrogen-bond acceptors (Lipinski definition) is 4. The molecule has 2 aromatic heterocycles. The molecule has 0 atom stereocenters. The van der Waals surface area contributed by atoms with Crippen LogP contribution in [0.25, 0.3) is 5.65 Å². The molecule has 0 aliphatic carbocycles. The van der Waals surface area contributed by atoms with Gasteiger partial charge < -0.3 is 13.9 Å². The van der Waals surface area contributed by atoms with Crippen molar-refractivity contribution in [3.05, 3.63) is 28.6 Å². The van der Waals surface area contributed by atoms with E-state index in [1.807, 2.05) is 0 Å². The number of ether oxygens (including phenoxy) is 2. The minimum Gasteiger partial charge on any atom is -0.493 e. The Bertz CT molecular complexity index is 550. The van der Waals surface area contributed by atoms with Gasteiger partial charge in [-0.05, 0) is 22.0 Å². The van der Waals surface area contributed by atoms with Crippen LogP contribution >= 0.6 is 15.9 Å². The summed E-state index contributed by atoms with van der Waals surface area (Å²) in [6, 6.07) is 1.78. The molecular weight excluding hydrogens is 276 g/mol. The van der Waals surface area contributed by atoms with Gasteiger partial charge in [-0.1, -0.05) is 0 Å². The molecule has 0 unspecified atom stereocenters. The molecule has 2 aromatic rings. The lowest BCUT2D eigenvalue weighted by atomic mass is 10.4. The van der Waals surface area contributed by atoms with Crippen molar-refractivity contribution in [1.82, 2.24) is 9.38 Å². The van der Waals surface area contributed by atoms with Crippen molar-refractivity contribution in [1.29, 1.82) is 0 Å². The molecule has 0 aromatic carbocycles. The fourth-order valence-electron chi connectivity index (χ4n) is 1.39. The van der Waals surface area contributed by atoms with E-state index in [2.05, 4.69) is 25.7 Å². The van der Waals surface area contributed by atoms with Gasteiger partial charge in [0.1, 0.15) is 0 Å². The Labute approximate surface area is 100 Å². The van der Waals surface area contributed by atoms with E-state index in [9.17, 15) is 4.79 Å². The SMILES string of the molecule is COC(=O)c1cn2cc(Br)cc(OC)c2n1. The summed E-state index contributed by atoms with van der Waals surface area (Å²) >= 11 is 3.34. The molecule has 0 saturated heterocycles. The molecule has 0 bridgehead atoms. The third-order valence-corrected chi connectivity index (χ3v) is 2.53. The highest BCUT2D eigenvalue weighted by atomic mass is 79.9. The van der Waals surface area contributed by atoms with Crippen molar-refractivity contribution in [3.8, 4) is 5.75 Å². The maximum atomic E-state index is 11.3. The van der Waals surface area contributed by atoms with Gasteiger partial charge in [0.2, 0.25) is 0 Å². The molecule has 0 saturated carbocycles. The molecule has 0 spiro atoms. The van der Waals surface area contributed by atoms with E-state index in [-0.39, 0.29) is 5.69 Å². The van der Waals surface area contributed by atoms with E-state index in [1.54, 1.807) is 30.0 Å². The Morgan fingerprint density at radius 3 is 2.81 bits per heavy atom. The summed E-state index contributed by atoms with van der Waals surface area (Å²) in [5.74, 6) is 0.117. The van der Waals surface area contributed by atoms with Gasteiger partial charge in [-0.3, -0.25) is 0 Å². The number of aromatic nitrogens is 2. The number of rotatable bonds is 2. The lowest BCUT2D eigenvalue weighted by molar-refractivity contribution is 0.0595. The highest BCUT2D eigenvalue weighted by Crippen LogP contribution is 2.24. The standard InChI is InChI=1S/C10H9BrN2O3/c1-15-8-3-6(11)4-13-5-7(10(14)16-2)12-9(8)13/h3-5H,1-2H3. The molecule has 0 aliphatic heterocycles. The van der Waals surface area contributed by atoms with Crippen molar-refractivity contribution >= 4 is 27.5 Å². The van der Waals surface area contributed by atoms with E-state index in [4.69, 9.17) is 4.74 Å². The lowest BCUT2D eigenvalue weighted by Crippen LogP contribution is -2.00. The van der Waals surface area contributed by atoms with Gasteiger partial charge in [-0.2, -0.15) is 0 Å². The first-order valence-electron chi connectivity index (χ1n) is 4.46. The summed E-state index contributed by atoms with van der Waals surface area (Å²) in [4.78, 5) is 15.5. The minimum atomic E-state index is -0.470. The molecular formula is C10H9BrN2O3. The van der Waals surface area contributed by atoms with E-state index < -0.39 is 5.97 Å². The van der Waals surface area contributed by atoms with Gasteiger partial charge in [0, 0.05) is 16.9 Å². The number of halogens is 1. The van der Waals surface area contributed by atoms with Crippen LogP contribution in [0.2, 0.25) is 0 Å². The predicted molar refractivity (Wildman–Crippen MR) is 60.8 cm³/mol. The van der Waals surface area contributed by atoms with Crippen LogP contribution in [0.1, 0.15) is 10.5 Å². The smallest absolute Gasteiger partial charge is 0.358 e.